The molecule has 1 unspecified atom stereocenters. The number of aliphatic carboxylic acids is 1. The first kappa shape index (κ1) is 19.6. The standard InChI is InChI=1S/C14H20O8/c1-5-8-14(4,12(17)18)13(19)22-9(10(15)20-6-2)11(16)21-7-3/h5,8-9H,6-7H2,1-4H3,(H,17,18). The average molecular weight is 316 g/mol. The smallest absolute Gasteiger partial charge is 0.359 e. The second-order valence-corrected chi connectivity index (χ2v) is 4.30. The van der Waals surface area contributed by atoms with Crippen LogP contribution in [-0.2, 0) is 33.4 Å². The van der Waals surface area contributed by atoms with Gasteiger partial charge >= 0.3 is 23.9 Å². The summed E-state index contributed by atoms with van der Waals surface area (Å²) < 4.78 is 14.0. The maximum atomic E-state index is 12.1. The third-order valence-electron chi connectivity index (χ3n) is 2.59. The van der Waals surface area contributed by atoms with E-state index in [9.17, 15) is 19.2 Å². The molecule has 8 heteroatoms. The average Bonchev–Trinajstić information content (AvgIpc) is 2.44. The van der Waals surface area contributed by atoms with Crippen LogP contribution in [-0.4, -0.2) is 48.3 Å². The monoisotopic (exact) mass is 316 g/mol. The molecule has 124 valence electrons. The van der Waals surface area contributed by atoms with Gasteiger partial charge in [0, 0.05) is 0 Å². The van der Waals surface area contributed by atoms with E-state index in [2.05, 4.69) is 9.47 Å². The predicted molar refractivity (Wildman–Crippen MR) is 73.7 cm³/mol. The molecule has 0 aliphatic rings. The molecule has 8 nitrogen and oxygen atoms in total. The lowest BCUT2D eigenvalue weighted by Crippen LogP contribution is -2.44. The quantitative estimate of drug-likeness (QED) is 0.301. The van der Waals surface area contributed by atoms with Crippen molar-refractivity contribution in [2.45, 2.75) is 33.8 Å². The zero-order valence-electron chi connectivity index (χ0n) is 13.0. The second kappa shape index (κ2) is 8.81. The normalized spacial score (nSPS) is 13.5. The van der Waals surface area contributed by atoms with Crippen LogP contribution in [0.25, 0.3) is 0 Å². The van der Waals surface area contributed by atoms with E-state index in [1.807, 2.05) is 0 Å². The van der Waals surface area contributed by atoms with Crippen molar-refractivity contribution in [2.24, 2.45) is 5.41 Å². The van der Waals surface area contributed by atoms with E-state index in [-0.39, 0.29) is 13.2 Å². The largest absolute Gasteiger partial charge is 0.480 e. The molecule has 0 saturated carbocycles. The van der Waals surface area contributed by atoms with Crippen LogP contribution in [0.5, 0.6) is 0 Å². The molecule has 0 bridgehead atoms. The van der Waals surface area contributed by atoms with E-state index < -0.39 is 35.4 Å². The molecule has 0 saturated heterocycles. The molecule has 1 N–H and O–H groups in total. The molecule has 1 atom stereocenters. The SMILES string of the molecule is CC=CC(C)(C(=O)O)C(=O)OC(C(=O)OCC)C(=O)OCC. The van der Waals surface area contributed by atoms with Crippen molar-refractivity contribution in [1.82, 2.24) is 0 Å². The highest BCUT2D eigenvalue weighted by atomic mass is 16.6. The van der Waals surface area contributed by atoms with Crippen LogP contribution in [0.1, 0.15) is 27.7 Å². The Morgan fingerprint density at radius 3 is 1.86 bits per heavy atom. The number of rotatable bonds is 8. The van der Waals surface area contributed by atoms with E-state index in [4.69, 9.17) is 9.84 Å². The second-order valence-electron chi connectivity index (χ2n) is 4.30. The number of esters is 3. The van der Waals surface area contributed by atoms with Crippen LogP contribution < -0.4 is 0 Å². The van der Waals surface area contributed by atoms with Crippen molar-refractivity contribution in [1.29, 1.82) is 0 Å². The third kappa shape index (κ3) is 4.87. The fraction of sp³-hybridized carbons (Fsp3) is 0.571. The topological polar surface area (TPSA) is 116 Å². The number of carbonyl (C=O) groups is 4. The summed E-state index contributed by atoms with van der Waals surface area (Å²) in [5.74, 6) is -5.00. The van der Waals surface area contributed by atoms with Crippen molar-refractivity contribution < 1.29 is 38.5 Å². The van der Waals surface area contributed by atoms with Gasteiger partial charge in [-0.05, 0) is 27.7 Å². The van der Waals surface area contributed by atoms with Crippen molar-refractivity contribution in [3.63, 3.8) is 0 Å². The van der Waals surface area contributed by atoms with Gasteiger partial charge in [-0.2, -0.15) is 0 Å². The number of ether oxygens (including phenoxy) is 3. The van der Waals surface area contributed by atoms with Gasteiger partial charge in [0.2, 0.25) is 0 Å². The van der Waals surface area contributed by atoms with E-state index in [1.54, 1.807) is 0 Å². The number of carboxylic acids is 1. The highest BCUT2D eigenvalue weighted by Crippen LogP contribution is 2.22. The third-order valence-corrected chi connectivity index (χ3v) is 2.59. The molecule has 0 aromatic rings. The minimum atomic E-state index is -2.04. The number of carboxylic acid groups (broad SMARTS) is 1. The minimum Gasteiger partial charge on any atom is -0.480 e. The van der Waals surface area contributed by atoms with Crippen LogP contribution >= 0.6 is 0 Å². The Balaban J connectivity index is 5.36. The molecule has 0 aromatic carbocycles. The molecule has 0 aliphatic heterocycles. The maximum Gasteiger partial charge on any atom is 0.359 e. The van der Waals surface area contributed by atoms with Gasteiger partial charge in [-0.1, -0.05) is 12.2 Å². The van der Waals surface area contributed by atoms with Gasteiger partial charge < -0.3 is 19.3 Å². The summed E-state index contributed by atoms with van der Waals surface area (Å²) in [5, 5.41) is 9.15. The predicted octanol–water partition coefficient (Wildman–Crippen LogP) is 0.691. The molecule has 0 aliphatic carbocycles. The first-order chi connectivity index (χ1) is 10.2. The first-order valence-electron chi connectivity index (χ1n) is 6.66. The molecule has 0 rings (SSSR count). The highest BCUT2D eigenvalue weighted by Gasteiger charge is 2.44. The summed E-state index contributed by atoms with van der Waals surface area (Å²) in [4.78, 5) is 46.7. The van der Waals surface area contributed by atoms with Crippen molar-refractivity contribution in [3.05, 3.63) is 12.2 Å². The number of allylic oxidation sites excluding steroid dienone is 1. The van der Waals surface area contributed by atoms with Gasteiger partial charge in [0.15, 0.2) is 5.41 Å². The summed E-state index contributed by atoms with van der Waals surface area (Å²) >= 11 is 0. The Kier molecular flexibility index (Phi) is 7.85. The number of hydrogen-bond acceptors (Lipinski definition) is 7. The van der Waals surface area contributed by atoms with Crippen molar-refractivity contribution >= 4 is 23.9 Å². The number of carbonyl (C=O) groups excluding carboxylic acids is 3. The molecular formula is C14H20O8. The molecule has 0 radical (unpaired) electrons. The summed E-state index contributed by atoms with van der Waals surface area (Å²) in [6.45, 7) is 5.52. The van der Waals surface area contributed by atoms with Gasteiger partial charge in [0.25, 0.3) is 6.10 Å². The van der Waals surface area contributed by atoms with Gasteiger partial charge in [-0.15, -0.1) is 0 Å². The van der Waals surface area contributed by atoms with Gasteiger partial charge in [-0.3, -0.25) is 9.59 Å². The van der Waals surface area contributed by atoms with E-state index >= 15 is 0 Å². The molecule has 22 heavy (non-hydrogen) atoms. The Morgan fingerprint density at radius 2 is 1.55 bits per heavy atom. The maximum absolute atomic E-state index is 12.1. The molecule has 0 spiro atoms. The Morgan fingerprint density at radius 1 is 1.09 bits per heavy atom. The summed E-state index contributed by atoms with van der Waals surface area (Å²) in [6.07, 6.45) is 0.473. The Hall–Kier alpha value is -2.38. The van der Waals surface area contributed by atoms with E-state index in [0.29, 0.717) is 0 Å². The number of hydrogen-bond donors (Lipinski definition) is 1. The van der Waals surface area contributed by atoms with Crippen LogP contribution in [0.4, 0.5) is 0 Å². The highest BCUT2D eigenvalue weighted by molar-refractivity contribution is 6.05. The molecule has 0 fully saturated rings. The Bertz CT molecular complexity index is 449. The minimum absolute atomic E-state index is 0.0443. The van der Waals surface area contributed by atoms with Crippen molar-refractivity contribution in [2.75, 3.05) is 13.2 Å². The molecule has 0 amide bonds. The van der Waals surface area contributed by atoms with E-state index in [0.717, 1.165) is 13.0 Å². The van der Waals surface area contributed by atoms with Gasteiger partial charge in [0.1, 0.15) is 0 Å². The lowest BCUT2D eigenvalue weighted by atomic mass is 9.90. The lowest BCUT2D eigenvalue weighted by molar-refractivity contribution is -0.186. The fourth-order valence-corrected chi connectivity index (χ4v) is 1.42. The van der Waals surface area contributed by atoms with Crippen molar-refractivity contribution in [3.8, 4) is 0 Å². The molecule has 0 aromatic heterocycles. The fourth-order valence-electron chi connectivity index (χ4n) is 1.42. The first-order valence-corrected chi connectivity index (χ1v) is 6.66. The summed E-state index contributed by atoms with van der Waals surface area (Å²) in [5.41, 5.74) is -2.04. The van der Waals surface area contributed by atoms with Crippen LogP contribution in [0.15, 0.2) is 12.2 Å². The lowest BCUT2D eigenvalue weighted by Gasteiger charge is -2.22. The van der Waals surface area contributed by atoms with Crippen LogP contribution in [0.3, 0.4) is 0 Å². The van der Waals surface area contributed by atoms with Gasteiger partial charge in [-0.25, -0.2) is 9.59 Å². The Labute approximate surface area is 128 Å². The van der Waals surface area contributed by atoms with Crippen LogP contribution in [0.2, 0.25) is 0 Å². The van der Waals surface area contributed by atoms with Crippen LogP contribution in [0, 0.1) is 5.41 Å². The zero-order valence-corrected chi connectivity index (χ0v) is 13.0. The molecule has 0 heterocycles. The summed E-state index contributed by atoms with van der Waals surface area (Å²) in [7, 11) is 0. The summed E-state index contributed by atoms with van der Waals surface area (Å²) in [6, 6.07) is 0. The van der Waals surface area contributed by atoms with E-state index in [1.165, 1.54) is 26.8 Å². The molecular weight excluding hydrogens is 296 g/mol. The zero-order chi connectivity index (χ0) is 17.3. The van der Waals surface area contributed by atoms with Gasteiger partial charge in [0.05, 0.1) is 13.2 Å².